The van der Waals surface area contributed by atoms with E-state index in [1.165, 1.54) is 0 Å². The molecule has 2 rings (SSSR count). The lowest BCUT2D eigenvalue weighted by Gasteiger charge is -2.31. The molecule has 1 aliphatic heterocycles. The molecule has 100 valence electrons. The molecule has 2 heterocycles. The maximum absolute atomic E-state index is 5.66. The Kier molecular flexibility index (Phi) is 4.14. The standard InChI is InChI=1S/C11H19N5O2/c1-3-18-11-14-9(12)13-10(15-11)16(2)8-4-6-17-7-5-8/h8H,3-7H2,1-2H3,(H2,12,13,14,15). The van der Waals surface area contributed by atoms with Crippen LogP contribution in [0.3, 0.4) is 0 Å². The number of rotatable bonds is 4. The topological polar surface area (TPSA) is 86.4 Å². The summed E-state index contributed by atoms with van der Waals surface area (Å²) in [4.78, 5) is 14.4. The van der Waals surface area contributed by atoms with Gasteiger partial charge in [-0.3, -0.25) is 0 Å². The van der Waals surface area contributed by atoms with Gasteiger partial charge in [0.1, 0.15) is 0 Å². The number of aromatic nitrogens is 3. The van der Waals surface area contributed by atoms with Crippen molar-refractivity contribution in [3.05, 3.63) is 0 Å². The highest BCUT2D eigenvalue weighted by molar-refractivity contribution is 5.36. The normalized spacial score (nSPS) is 16.6. The van der Waals surface area contributed by atoms with Crippen LogP contribution < -0.4 is 15.4 Å². The number of nitrogens with zero attached hydrogens (tertiary/aromatic N) is 4. The van der Waals surface area contributed by atoms with Crippen molar-refractivity contribution in [2.75, 3.05) is 37.5 Å². The Balaban J connectivity index is 2.15. The number of anilines is 2. The SMILES string of the molecule is CCOc1nc(N)nc(N(C)C2CCOCC2)n1. The second kappa shape index (κ2) is 5.81. The minimum atomic E-state index is 0.183. The fraction of sp³-hybridized carbons (Fsp3) is 0.727. The van der Waals surface area contributed by atoms with Crippen molar-refractivity contribution in [3.8, 4) is 6.01 Å². The molecule has 1 aromatic rings. The van der Waals surface area contributed by atoms with E-state index in [2.05, 4.69) is 15.0 Å². The monoisotopic (exact) mass is 253 g/mol. The predicted molar refractivity (Wildman–Crippen MR) is 67.7 cm³/mol. The van der Waals surface area contributed by atoms with Gasteiger partial charge in [-0.2, -0.15) is 15.0 Å². The van der Waals surface area contributed by atoms with Crippen LogP contribution in [0.5, 0.6) is 6.01 Å². The quantitative estimate of drug-likeness (QED) is 0.834. The summed E-state index contributed by atoms with van der Waals surface area (Å²) in [6.07, 6.45) is 1.93. The number of hydrogen-bond acceptors (Lipinski definition) is 7. The Hall–Kier alpha value is -1.63. The smallest absolute Gasteiger partial charge is 0.323 e. The van der Waals surface area contributed by atoms with Gasteiger partial charge in [0.2, 0.25) is 11.9 Å². The molecule has 18 heavy (non-hydrogen) atoms. The van der Waals surface area contributed by atoms with E-state index in [1.807, 2.05) is 18.9 Å². The summed E-state index contributed by atoms with van der Waals surface area (Å²) < 4.78 is 10.6. The molecule has 0 aliphatic carbocycles. The molecule has 0 amide bonds. The lowest BCUT2D eigenvalue weighted by atomic mass is 10.1. The second-order valence-electron chi connectivity index (χ2n) is 4.16. The molecule has 7 nitrogen and oxygen atoms in total. The molecule has 0 aromatic carbocycles. The molecule has 1 fully saturated rings. The molecule has 1 saturated heterocycles. The third-order valence-electron chi connectivity index (χ3n) is 2.95. The van der Waals surface area contributed by atoms with Crippen molar-refractivity contribution in [3.63, 3.8) is 0 Å². The molecule has 0 bridgehead atoms. The molecule has 7 heteroatoms. The lowest BCUT2D eigenvalue weighted by Crippen LogP contribution is -2.37. The van der Waals surface area contributed by atoms with Crippen molar-refractivity contribution in [1.82, 2.24) is 15.0 Å². The average Bonchev–Trinajstić information content (AvgIpc) is 2.38. The third kappa shape index (κ3) is 2.98. The molecule has 0 radical (unpaired) electrons. The van der Waals surface area contributed by atoms with Crippen LogP contribution in [0.1, 0.15) is 19.8 Å². The van der Waals surface area contributed by atoms with E-state index in [0.29, 0.717) is 18.6 Å². The van der Waals surface area contributed by atoms with Gasteiger partial charge in [0.05, 0.1) is 6.61 Å². The first-order valence-corrected chi connectivity index (χ1v) is 6.15. The highest BCUT2D eigenvalue weighted by Gasteiger charge is 2.21. The molecule has 0 spiro atoms. The molecule has 0 unspecified atom stereocenters. The van der Waals surface area contributed by atoms with E-state index in [1.54, 1.807) is 0 Å². The van der Waals surface area contributed by atoms with Crippen LogP contribution in [0, 0.1) is 0 Å². The van der Waals surface area contributed by atoms with Gasteiger partial charge in [0, 0.05) is 26.3 Å². The number of nitrogen functional groups attached to an aromatic ring is 1. The van der Waals surface area contributed by atoms with Crippen molar-refractivity contribution < 1.29 is 9.47 Å². The maximum atomic E-state index is 5.66. The van der Waals surface area contributed by atoms with Crippen molar-refractivity contribution in [1.29, 1.82) is 0 Å². The Labute approximate surface area is 106 Å². The van der Waals surface area contributed by atoms with Gasteiger partial charge in [-0.15, -0.1) is 0 Å². The Morgan fingerprint density at radius 2 is 2.06 bits per heavy atom. The zero-order chi connectivity index (χ0) is 13.0. The summed E-state index contributed by atoms with van der Waals surface area (Å²) >= 11 is 0. The van der Waals surface area contributed by atoms with Crippen LogP contribution in [-0.4, -0.2) is 47.9 Å². The highest BCUT2D eigenvalue weighted by Crippen LogP contribution is 2.19. The van der Waals surface area contributed by atoms with Crippen molar-refractivity contribution in [2.24, 2.45) is 0 Å². The first-order valence-electron chi connectivity index (χ1n) is 6.15. The number of hydrogen-bond donors (Lipinski definition) is 1. The fourth-order valence-corrected chi connectivity index (χ4v) is 1.95. The number of ether oxygens (including phenoxy) is 2. The summed E-state index contributed by atoms with van der Waals surface area (Å²) in [5, 5.41) is 0. The first kappa shape index (κ1) is 12.8. The average molecular weight is 253 g/mol. The predicted octanol–water partition coefficient (Wildman–Crippen LogP) is 0.468. The van der Waals surface area contributed by atoms with Gasteiger partial charge in [-0.1, -0.05) is 0 Å². The molecule has 2 N–H and O–H groups in total. The summed E-state index contributed by atoms with van der Waals surface area (Å²) in [5.41, 5.74) is 5.66. The zero-order valence-corrected chi connectivity index (χ0v) is 10.8. The molecular weight excluding hydrogens is 234 g/mol. The molecule has 0 saturated carbocycles. The van der Waals surface area contributed by atoms with Gasteiger partial charge in [-0.05, 0) is 19.8 Å². The summed E-state index contributed by atoms with van der Waals surface area (Å²) in [6, 6.07) is 0.647. The lowest BCUT2D eigenvalue weighted by molar-refractivity contribution is 0.0852. The van der Waals surface area contributed by atoms with Crippen LogP contribution in [0.4, 0.5) is 11.9 Å². The van der Waals surface area contributed by atoms with Crippen LogP contribution in [0.2, 0.25) is 0 Å². The van der Waals surface area contributed by atoms with Gasteiger partial charge in [0.25, 0.3) is 0 Å². The summed E-state index contributed by atoms with van der Waals surface area (Å²) in [6.45, 7) is 3.92. The molecule has 1 aromatic heterocycles. The Morgan fingerprint density at radius 1 is 1.33 bits per heavy atom. The van der Waals surface area contributed by atoms with Crippen LogP contribution >= 0.6 is 0 Å². The Bertz CT molecular complexity index is 395. The van der Waals surface area contributed by atoms with Crippen molar-refractivity contribution in [2.45, 2.75) is 25.8 Å². The van der Waals surface area contributed by atoms with E-state index in [9.17, 15) is 0 Å². The largest absolute Gasteiger partial charge is 0.464 e. The maximum Gasteiger partial charge on any atom is 0.323 e. The summed E-state index contributed by atoms with van der Waals surface area (Å²) in [5.74, 6) is 0.736. The molecule has 1 aliphatic rings. The van der Waals surface area contributed by atoms with Gasteiger partial charge in [-0.25, -0.2) is 0 Å². The van der Waals surface area contributed by atoms with E-state index < -0.39 is 0 Å². The zero-order valence-electron chi connectivity index (χ0n) is 10.8. The number of nitrogens with two attached hydrogens (primary N) is 1. The van der Waals surface area contributed by atoms with Crippen LogP contribution in [-0.2, 0) is 4.74 Å². The molecule has 0 atom stereocenters. The van der Waals surface area contributed by atoms with E-state index in [4.69, 9.17) is 15.2 Å². The second-order valence-corrected chi connectivity index (χ2v) is 4.16. The van der Waals surface area contributed by atoms with E-state index in [0.717, 1.165) is 26.1 Å². The molecular formula is C11H19N5O2. The van der Waals surface area contributed by atoms with Crippen LogP contribution in [0.15, 0.2) is 0 Å². The van der Waals surface area contributed by atoms with E-state index in [-0.39, 0.29) is 12.0 Å². The third-order valence-corrected chi connectivity index (χ3v) is 2.95. The minimum Gasteiger partial charge on any atom is -0.464 e. The van der Waals surface area contributed by atoms with Crippen molar-refractivity contribution >= 4 is 11.9 Å². The minimum absolute atomic E-state index is 0.183. The highest BCUT2D eigenvalue weighted by atomic mass is 16.5. The fourth-order valence-electron chi connectivity index (χ4n) is 1.95. The van der Waals surface area contributed by atoms with E-state index >= 15 is 0 Å². The van der Waals surface area contributed by atoms with Gasteiger partial charge in [0.15, 0.2) is 0 Å². The van der Waals surface area contributed by atoms with Gasteiger partial charge >= 0.3 is 6.01 Å². The first-order chi connectivity index (χ1) is 8.70. The Morgan fingerprint density at radius 3 is 2.72 bits per heavy atom. The van der Waals surface area contributed by atoms with Gasteiger partial charge < -0.3 is 20.1 Å². The summed E-state index contributed by atoms with van der Waals surface area (Å²) in [7, 11) is 1.96. The van der Waals surface area contributed by atoms with Crippen LogP contribution in [0.25, 0.3) is 0 Å².